The molecule has 0 spiro atoms. The van der Waals surface area contributed by atoms with Crippen LogP contribution in [0.1, 0.15) is 23.2 Å². The Balaban J connectivity index is 1.47. The van der Waals surface area contributed by atoms with E-state index in [0.29, 0.717) is 6.54 Å². The minimum atomic E-state index is -0.0297. The van der Waals surface area contributed by atoms with Crippen molar-refractivity contribution in [2.45, 2.75) is 31.7 Å². The fourth-order valence-corrected chi connectivity index (χ4v) is 3.66. The number of hydrogen-bond donors (Lipinski definition) is 2. The van der Waals surface area contributed by atoms with Crippen molar-refractivity contribution < 1.29 is 4.79 Å². The van der Waals surface area contributed by atoms with Crippen molar-refractivity contribution >= 4 is 23.3 Å². The number of nitrogens with one attached hydrogen (secondary N) is 2. The summed E-state index contributed by atoms with van der Waals surface area (Å²) in [5.74, 6) is 0. The van der Waals surface area contributed by atoms with E-state index in [1.165, 1.54) is 11.3 Å². The maximum Gasteiger partial charge on any atom is 0.322 e. The van der Waals surface area contributed by atoms with Crippen molar-refractivity contribution in [3.05, 3.63) is 46.2 Å². The van der Waals surface area contributed by atoms with Crippen LogP contribution in [0.15, 0.2) is 24.4 Å². The Morgan fingerprint density at radius 2 is 2.32 bits per heavy atom. The molecule has 0 fully saturated rings. The van der Waals surface area contributed by atoms with Gasteiger partial charge < -0.3 is 5.32 Å². The van der Waals surface area contributed by atoms with E-state index in [1.54, 1.807) is 4.90 Å². The highest BCUT2D eigenvalue weighted by Gasteiger charge is 2.29. The van der Waals surface area contributed by atoms with E-state index in [-0.39, 0.29) is 12.1 Å². The number of fused-ring (bicyclic) bond motifs is 2. The highest BCUT2D eigenvalue weighted by atomic mass is 35.5. The molecule has 0 bridgehead atoms. The molecule has 1 unspecified atom stereocenters. The molecule has 2 amide bonds. The molecule has 1 aromatic heterocycles. The number of aromatic nitrogens is 2. The summed E-state index contributed by atoms with van der Waals surface area (Å²) in [5.41, 5.74) is 4.41. The monoisotopic (exact) mass is 316 g/mol. The molecule has 4 rings (SSSR count). The van der Waals surface area contributed by atoms with Gasteiger partial charge in [0.1, 0.15) is 0 Å². The summed E-state index contributed by atoms with van der Waals surface area (Å²) >= 11 is 6.21. The Hall–Kier alpha value is -2.01. The van der Waals surface area contributed by atoms with Crippen LogP contribution in [0.5, 0.6) is 0 Å². The van der Waals surface area contributed by atoms with Crippen LogP contribution in [0.3, 0.4) is 0 Å². The van der Waals surface area contributed by atoms with Gasteiger partial charge in [-0.15, -0.1) is 0 Å². The Kier molecular flexibility index (Phi) is 3.30. The Morgan fingerprint density at radius 3 is 3.23 bits per heavy atom. The van der Waals surface area contributed by atoms with Gasteiger partial charge in [-0.2, -0.15) is 5.10 Å². The van der Waals surface area contributed by atoms with Gasteiger partial charge in [-0.25, -0.2) is 4.79 Å². The summed E-state index contributed by atoms with van der Waals surface area (Å²) in [7, 11) is 0. The highest BCUT2D eigenvalue weighted by Crippen LogP contribution is 2.33. The summed E-state index contributed by atoms with van der Waals surface area (Å²) < 4.78 is 0. The van der Waals surface area contributed by atoms with Crippen molar-refractivity contribution in [1.82, 2.24) is 15.5 Å². The van der Waals surface area contributed by atoms with Gasteiger partial charge in [-0.1, -0.05) is 17.7 Å². The Bertz CT molecular complexity index is 727. The lowest BCUT2D eigenvalue weighted by Crippen LogP contribution is -2.46. The summed E-state index contributed by atoms with van der Waals surface area (Å²) in [5, 5.41) is 11.0. The molecule has 1 aliphatic carbocycles. The minimum Gasteiger partial charge on any atom is -0.335 e. The predicted octanol–water partition coefficient (Wildman–Crippen LogP) is 2.69. The Morgan fingerprint density at radius 1 is 1.41 bits per heavy atom. The molecule has 2 aromatic rings. The van der Waals surface area contributed by atoms with Crippen molar-refractivity contribution in [3.8, 4) is 0 Å². The Labute approximate surface area is 133 Å². The molecular formula is C16H17ClN4O. The lowest BCUT2D eigenvalue weighted by atomic mass is 9.94. The third-order valence-corrected chi connectivity index (χ3v) is 4.91. The molecule has 2 N–H and O–H groups in total. The first-order chi connectivity index (χ1) is 10.7. The second kappa shape index (κ2) is 5.32. The number of aryl methyl sites for hydroxylation is 1. The zero-order chi connectivity index (χ0) is 15.1. The number of halogens is 1. The van der Waals surface area contributed by atoms with Gasteiger partial charge in [0.15, 0.2) is 0 Å². The number of benzene rings is 1. The standard InChI is InChI=1S/C16H17ClN4O/c17-13-2-1-3-15-12(13)6-7-21(15)16(22)19-11-4-5-14-10(8-11)9-18-20-14/h1-3,9,11H,4-8H2,(H,18,20)(H,19,22). The van der Waals surface area contributed by atoms with Gasteiger partial charge in [0.25, 0.3) is 0 Å². The van der Waals surface area contributed by atoms with Gasteiger partial charge in [-0.3, -0.25) is 10.00 Å². The normalized spacial score (nSPS) is 19.7. The molecular weight excluding hydrogens is 300 g/mol. The lowest BCUT2D eigenvalue weighted by molar-refractivity contribution is 0.241. The number of aromatic amines is 1. The first-order valence-electron chi connectivity index (χ1n) is 7.59. The maximum absolute atomic E-state index is 12.6. The number of rotatable bonds is 1. The molecule has 1 aliphatic heterocycles. The third kappa shape index (κ3) is 2.25. The van der Waals surface area contributed by atoms with Crippen LogP contribution >= 0.6 is 11.6 Å². The van der Waals surface area contributed by atoms with E-state index in [9.17, 15) is 4.79 Å². The van der Waals surface area contributed by atoms with Gasteiger partial charge in [0.2, 0.25) is 0 Å². The first kappa shape index (κ1) is 13.6. The summed E-state index contributed by atoms with van der Waals surface area (Å²) in [6.45, 7) is 0.689. The number of amides is 2. The molecule has 1 atom stereocenters. The van der Waals surface area contributed by atoms with Crippen LogP contribution in [0.2, 0.25) is 5.02 Å². The molecule has 6 heteroatoms. The van der Waals surface area contributed by atoms with Gasteiger partial charge >= 0.3 is 6.03 Å². The van der Waals surface area contributed by atoms with E-state index < -0.39 is 0 Å². The third-order valence-electron chi connectivity index (χ3n) is 4.56. The van der Waals surface area contributed by atoms with Crippen molar-refractivity contribution in [2.24, 2.45) is 0 Å². The van der Waals surface area contributed by atoms with E-state index in [4.69, 9.17) is 11.6 Å². The highest BCUT2D eigenvalue weighted by molar-refractivity contribution is 6.32. The van der Waals surface area contributed by atoms with Crippen molar-refractivity contribution in [3.63, 3.8) is 0 Å². The molecule has 5 nitrogen and oxygen atoms in total. The number of H-pyrrole nitrogens is 1. The van der Waals surface area contributed by atoms with Crippen LogP contribution in [0.4, 0.5) is 10.5 Å². The largest absolute Gasteiger partial charge is 0.335 e. The number of anilines is 1. The number of nitrogens with zero attached hydrogens (tertiary/aromatic N) is 2. The van der Waals surface area contributed by atoms with Crippen LogP contribution in [0.25, 0.3) is 0 Å². The SMILES string of the molecule is O=C(NC1CCc2[nH]ncc2C1)N1CCc2c(Cl)cccc21. The van der Waals surface area contributed by atoms with E-state index in [2.05, 4.69) is 15.5 Å². The first-order valence-corrected chi connectivity index (χ1v) is 7.96. The van der Waals surface area contributed by atoms with Crippen LogP contribution < -0.4 is 10.2 Å². The van der Waals surface area contributed by atoms with Crippen molar-refractivity contribution in [1.29, 1.82) is 0 Å². The van der Waals surface area contributed by atoms with E-state index in [1.807, 2.05) is 24.4 Å². The average molecular weight is 317 g/mol. The molecule has 0 radical (unpaired) electrons. The van der Waals surface area contributed by atoms with E-state index in [0.717, 1.165) is 42.0 Å². The van der Waals surface area contributed by atoms with Crippen LogP contribution in [0, 0.1) is 0 Å². The molecule has 0 saturated carbocycles. The fourth-order valence-electron chi connectivity index (χ4n) is 3.39. The van der Waals surface area contributed by atoms with Gasteiger partial charge in [0.05, 0.1) is 11.9 Å². The molecule has 2 aliphatic rings. The maximum atomic E-state index is 12.6. The topological polar surface area (TPSA) is 61.0 Å². The number of urea groups is 1. The molecule has 2 heterocycles. The molecule has 22 heavy (non-hydrogen) atoms. The number of hydrogen-bond acceptors (Lipinski definition) is 2. The van der Waals surface area contributed by atoms with Gasteiger partial charge in [0, 0.05) is 23.3 Å². The minimum absolute atomic E-state index is 0.0297. The second-order valence-electron chi connectivity index (χ2n) is 5.90. The number of carbonyl (C=O) groups excluding carboxylic acids is 1. The smallest absolute Gasteiger partial charge is 0.322 e. The predicted molar refractivity (Wildman–Crippen MR) is 85.4 cm³/mol. The lowest BCUT2D eigenvalue weighted by Gasteiger charge is -2.26. The summed E-state index contributed by atoms with van der Waals surface area (Å²) in [4.78, 5) is 14.4. The average Bonchev–Trinajstić information content (AvgIpc) is 3.13. The van der Waals surface area contributed by atoms with E-state index >= 15 is 0 Å². The molecule has 114 valence electrons. The van der Waals surface area contributed by atoms with Crippen molar-refractivity contribution in [2.75, 3.05) is 11.4 Å². The zero-order valence-corrected chi connectivity index (χ0v) is 12.9. The van der Waals surface area contributed by atoms with Crippen LogP contribution in [-0.2, 0) is 19.3 Å². The molecule has 0 saturated heterocycles. The zero-order valence-electron chi connectivity index (χ0n) is 12.1. The summed E-state index contributed by atoms with van der Waals surface area (Å²) in [6.07, 6.45) is 5.39. The fraction of sp³-hybridized carbons (Fsp3) is 0.375. The quantitative estimate of drug-likeness (QED) is 0.849. The summed E-state index contributed by atoms with van der Waals surface area (Å²) in [6, 6.07) is 5.87. The van der Waals surface area contributed by atoms with Gasteiger partial charge in [-0.05, 0) is 48.9 Å². The molecule has 1 aromatic carbocycles. The number of carbonyl (C=O) groups is 1. The second-order valence-corrected chi connectivity index (χ2v) is 6.31. The van der Waals surface area contributed by atoms with Crippen LogP contribution in [-0.4, -0.2) is 28.8 Å².